The van der Waals surface area contributed by atoms with Crippen molar-refractivity contribution in [1.82, 2.24) is 9.97 Å². The summed E-state index contributed by atoms with van der Waals surface area (Å²) in [6.07, 6.45) is 0. The lowest BCUT2D eigenvalue weighted by Gasteiger charge is -2.11. The average molecular weight is 390 g/mol. The first kappa shape index (κ1) is 20.3. The number of anilines is 3. The zero-order valence-electron chi connectivity index (χ0n) is 17.2. The molecule has 0 radical (unpaired) electrons. The summed E-state index contributed by atoms with van der Waals surface area (Å²) < 4.78 is 5.71. The SMILES string of the molecule is Cc1cc(C)nc(Nc2cccc(NC(=O)c3cccc(OCC(C)C)c3)c2)n1. The molecule has 0 saturated carbocycles. The molecular formula is C23H26N4O2. The molecule has 1 heterocycles. The molecule has 0 unspecified atom stereocenters. The highest BCUT2D eigenvalue weighted by atomic mass is 16.5. The van der Waals surface area contributed by atoms with Crippen molar-refractivity contribution in [1.29, 1.82) is 0 Å². The highest BCUT2D eigenvalue weighted by Gasteiger charge is 2.09. The Bertz CT molecular complexity index is 981. The lowest BCUT2D eigenvalue weighted by molar-refractivity contribution is 0.102. The van der Waals surface area contributed by atoms with Gasteiger partial charge in [-0.15, -0.1) is 0 Å². The summed E-state index contributed by atoms with van der Waals surface area (Å²) in [5, 5.41) is 6.11. The molecule has 150 valence electrons. The van der Waals surface area contributed by atoms with Crippen LogP contribution in [0.15, 0.2) is 54.6 Å². The molecule has 2 N–H and O–H groups in total. The molecule has 3 aromatic rings. The van der Waals surface area contributed by atoms with Gasteiger partial charge in [0.2, 0.25) is 5.95 Å². The van der Waals surface area contributed by atoms with Gasteiger partial charge in [0, 0.05) is 28.3 Å². The molecule has 0 bridgehead atoms. The predicted octanol–water partition coefficient (Wildman–Crippen LogP) is 5.12. The van der Waals surface area contributed by atoms with Crippen LogP contribution in [0.4, 0.5) is 17.3 Å². The fraction of sp³-hybridized carbons (Fsp3) is 0.261. The van der Waals surface area contributed by atoms with Crippen molar-refractivity contribution in [3.8, 4) is 5.75 Å². The molecule has 29 heavy (non-hydrogen) atoms. The number of nitrogens with zero attached hydrogens (tertiary/aromatic N) is 2. The standard InChI is InChI=1S/C23H26N4O2/c1-15(2)14-29-21-10-5-7-18(12-21)22(28)26-19-8-6-9-20(13-19)27-23-24-16(3)11-17(4)25-23/h5-13,15H,14H2,1-4H3,(H,26,28)(H,24,25,27). The topological polar surface area (TPSA) is 76.1 Å². The Labute approximate surface area is 171 Å². The Morgan fingerprint density at radius 2 is 1.66 bits per heavy atom. The van der Waals surface area contributed by atoms with E-state index in [1.54, 1.807) is 12.1 Å². The molecule has 0 aliphatic rings. The summed E-state index contributed by atoms with van der Waals surface area (Å²) in [7, 11) is 0. The van der Waals surface area contributed by atoms with E-state index in [9.17, 15) is 4.79 Å². The van der Waals surface area contributed by atoms with Crippen molar-refractivity contribution in [3.05, 3.63) is 71.5 Å². The van der Waals surface area contributed by atoms with Gasteiger partial charge in [0.15, 0.2) is 0 Å². The van der Waals surface area contributed by atoms with Gasteiger partial charge in [0.05, 0.1) is 6.61 Å². The van der Waals surface area contributed by atoms with Crippen molar-refractivity contribution < 1.29 is 9.53 Å². The maximum Gasteiger partial charge on any atom is 0.255 e. The maximum atomic E-state index is 12.7. The van der Waals surface area contributed by atoms with Crippen LogP contribution in [-0.2, 0) is 0 Å². The Morgan fingerprint density at radius 3 is 2.38 bits per heavy atom. The number of ether oxygens (including phenoxy) is 1. The highest BCUT2D eigenvalue weighted by molar-refractivity contribution is 6.04. The third-order valence-electron chi connectivity index (χ3n) is 4.04. The molecule has 0 aliphatic carbocycles. The molecule has 0 atom stereocenters. The van der Waals surface area contributed by atoms with Crippen LogP contribution in [-0.4, -0.2) is 22.5 Å². The second-order valence-electron chi connectivity index (χ2n) is 7.37. The van der Waals surface area contributed by atoms with Crippen molar-refractivity contribution in [2.24, 2.45) is 5.92 Å². The minimum atomic E-state index is -0.195. The first-order valence-corrected chi connectivity index (χ1v) is 9.62. The third kappa shape index (κ3) is 6.04. The summed E-state index contributed by atoms with van der Waals surface area (Å²) in [6.45, 7) is 8.63. The van der Waals surface area contributed by atoms with Crippen molar-refractivity contribution in [3.63, 3.8) is 0 Å². The number of carbonyl (C=O) groups excluding carboxylic acids is 1. The summed E-state index contributed by atoms with van der Waals surface area (Å²) in [5.41, 5.74) is 3.80. The summed E-state index contributed by atoms with van der Waals surface area (Å²) in [6, 6.07) is 16.6. The number of benzene rings is 2. The van der Waals surface area contributed by atoms with Gasteiger partial charge in [-0.1, -0.05) is 26.0 Å². The smallest absolute Gasteiger partial charge is 0.255 e. The van der Waals surface area contributed by atoms with Crippen molar-refractivity contribution >= 4 is 23.2 Å². The van der Waals surface area contributed by atoms with Gasteiger partial charge in [-0.2, -0.15) is 0 Å². The monoisotopic (exact) mass is 390 g/mol. The van der Waals surface area contributed by atoms with Gasteiger partial charge in [0.1, 0.15) is 5.75 Å². The minimum absolute atomic E-state index is 0.195. The fourth-order valence-corrected chi connectivity index (χ4v) is 2.78. The third-order valence-corrected chi connectivity index (χ3v) is 4.04. The second kappa shape index (κ2) is 9.19. The van der Waals surface area contributed by atoms with Crippen LogP contribution in [0.1, 0.15) is 35.6 Å². The first-order chi connectivity index (χ1) is 13.9. The maximum absolute atomic E-state index is 12.7. The molecule has 6 heteroatoms. The molecule has 2 aromatic carbocycles. The van der Waals surface area contributed by atoms with Crippen LogP contribution in [0.5, 0.6) is 5.75 Å². The van der Waals surface area contributed by atoms with Crippen LogP contribution < -0.4 is 15.4 Å². The van der Waals surface area contributed by atoms with E-state index in [0.717, 1.165) is 17.1 Å². The summed E-state index contributed by atoms with van der Waals surface area (Å²) in [5.74, 6) is 1.44. The zero-order chi connectivity index (χ0) is 20.8. The Morgan fingerprint density at radius 1 is 0.966 bits per heavy atom. The normalized spacial score (nSPS) is 10.7. The number of aromatic nitrogens is 2. The van der Waals surface area contributed by atoms with E-state index in [0.29, 0.717) is 35.5 Å². The molecule has 0 aliphatic heterocycles. The molecule has 1 aromatic heterocycles. The molecule has 0 saturated heterocycles. The van der Waals surface area contributed by atoms with Crippen LogP contribution >= 0.6 is 0 Å². The van der Waals surface area contributed by atoms with E-state index in [-0.39, 0.29) is 5.91 Å². The van der Waals surface area contributed by atoms with Gasteiger partial charge < -0.3 is 15.4 Å². The Balaban J connectivity index is 1.69. The summed E-state index contributed by atoms with van der Waals surface area (Å²) >= 11 is 0. The van der Waals surface area contributed by atoms with Crippen LogP contribution in [0.25, 0.3) is 0 Å². The number of rotatable bonds is 7. The number of aryl methyl sites for hydroxylation is 2. The van der Waals surface area contributed by atoms with Gasteiger partial charge in [0.25, 0.3) is 5.91 Å². The largest absolute Gasteiger partial charge is 0.493 e. The van der Waals surface area contributed by atoms with E-state index in [1.165, 1.54) is 0 Å². The number of nitrogens with one attached hydrogen (secondary N) is 2. The van der Waals surface area contributed by atoms with E-state index < -0.39 is 0 Å². The molecule has 0 spiro atoms. The average Bonchev–Trinajstić information content (AvgIpc) is 2.66. The second-order valence-corrected chi connectivity index (χ2v) is 7.37. The zero-order valence-corrected chi connectivity index (χ0v) is 17.2. The lowest BCUT2D eigenvalue weighted by atomic mass is 10.2. The molecule has 0 fully saturated rings. The lowest BCUT2D eigenvalue weighted by Crippen LogP contribution is -2.12. The van der Waals surface area contributed by atoms with Gasteiger partial charge in [-0.3, -0.25) is 4.79 Å². The first-order valence-electron chi connectivity index (χ1n) is 9.62. The van der Waals surface area contributed by atoms with Crippen molar-refractivity contribution in [2.45, 2.75) is 27.7 Å². The molecule has 1 amide bonds. The number of hydrogen-bond donors (Lipinski definition) is 2. The molecule has 6 nitrogen and oxygen atoms in total. The quantitative estimate of drug-likeness (QED) is 0.585. The number of carbonyl (C=O) groups is 1. The number of hydrogen-bond acceptors (Lipinski definition) is 5. The van der Waals surface area contributed by atoms with E-state index in [1.807, 2.05) is 56.3 Å². The molecule has 3 rings (SSSR count). The minimum Gasteiger partial charge on any atom is -0.493 e. The van der Waals surface area contributed by atoms with E-state index in [4.69, 9.17) is 4.74 Å². The van der Waals surface area contributed by atoms with Gasteiger partial charge >= 0.3 is 0 Å². The van der Waals surface area contributed by atoms with Gasteiger partial charge in [-0.25, -0.2) is 9.97 Å². The highest BCUT2D eigenvalue weighted by Crippen LogP contribution is 2.20. The Kier molecular flexibility index (Phi) is 6.44. The number of amides is 1. The molecular weight excluding hydrogens is 364 g/mol. The van der Waals surface area contributed by atoms with Gasteiger partial charge in [-0.05, 0) is 62.2 Å². The summed E-state index contributed by atoms with van der Waals surface area (Å²) in [4.78, 5) is 21.4. The van der Waals surface area contributed by atoms with E-state index >= 15 is 0 Å². The van der Waals surface area contributed by atoms with Crippen molar-refractivity contribution in [2.75, 3.05) is 17.2 Å². The predicted molar refractivity (Wildman–Crippen MR) is 116 cm³/mol. The van der Waals surface area contributed by atoms with Crippen LogP contribution in [0, 0.1) is 19.8 Å². The Hall–Kier alpha value is -3.41. The van der Waals surface area contributed by atoms with Crippen LogP contribution in [0.2, 0.25) is 0 Å². The van der Waals surface area contributed by atoms with E-state index in [2.05, 4.69) is 34.4 Å². The van der Waals surface area contributed by atoms with Crippen LogP contribution in [0.3, 0.4) is 0 Å². The fourth-order valence-electron chi connectivity index (χ4n) is 2.78.